The van der Waals surface area contributed by atoms with Gasteiger partial charge in [0.05, 0.1) is 11.7 Å². The van der Waals surface area contributed by atoms with Crippen LogP contribution in [0.3, 0.4) is 0 Å². The highest BCUT2D eigenvalue weighted by Gasteiger charge is 2.32. The molecule has 8 heteroatoms. The second kappa shape index (κ2) is 9.16. The smallest absolute Gasteiger partial charge is 0.257 e. The maximum atomic E-state index is 13.1. The molecule has 2 heterocycles. The second-order valence-electron chi connectivity index (χ2n) is 7.52. The van der Waals surface area contributed by atoms with E-state index in [9.17, 15) is 9.59 Å². The predicted molar refractivity (Wildman–Crippen MR) is 123 cm³/mol. The van der Waals surface area contributed by atoms with Crippen molar-refractivity contribution < 1.29 is 9.53 Å². The van der Waals surface area contributed by atoms with Crippen LogP contribution in [-0.4, -0.2) is 22.0 Å². The first-order valence-electron chi connectivity index (χ1n) is 9.98. The van der Waals surface area contributed by atoms with Gasteiger partial charge in [-0.05, 0) is 31.5 Å². The van der Waals surface area contributed by atoms with Crippen LogP contribution in [0.15, 0.2) is 58.5 Å². The molecule has 0 saturated heterocycles. The van der Waals surface area contributed by atoms with Gasteiger partial charge in [0, 0.05) is 28.7 Å². The van der Waals surface area contributed by atoms with E-state index in [1.54, 1.807) is 0 Å². The van der Waals surface area contributed by atoms with E-state index in [4.69, 9.17) is 16.3 Å². The number of para-hydroxylation sites is 1. The van der Waals surface area contributed by atoms with Crippen molar-refractivity contribution >= 4 is 35.1 Å². The number of nitrogens with zero attached hydrogens (tertiary/aromatic N) is 1. The van der Waals surface area contributed by atoms with Crippen LogP contribution < -0.4 is 15.6 Å². The minimum atomic E-state index is -0.433. The lowest BCUT2D eigenvalue weighted by Gasteiger charge is -2.26. The van der Waals surface area contributed by atoms with Crippen LogP contribution in [-0.2, 0) is 10.5 Å². The number of rotatable bonds is 6. The number of benzene rings is 2. The fourth-order valence-electron chi connectivity index (χ4n) is 3.58. The van der Waals surface area contributed by atoms with Crippen molar-refractivity contribution in [3.63, 3.8) is 0 Å². The van der Waals surface area contributed by atoms with Gasteiger partial charge in [-0.3, -0.25) is 9.59 Å². The van der Waals surface area contributed by atoms with Gasteiger partial charge in [0.1, 0.15) is 11.6 Å². The molecule has 6 nitrogen and oxygen atoms in total. The van der Waals surface area contributed by atoms with Gasteiger partial charge >= 0.3 is 0 Å². The summed E-state index contributed by atoms with van der Waals surface area (Å²) in [5.74, 6) is 0.893. The minimum absolute atomic E-state index is 0.0296. The van der Waals surface area contributed by atoms with E-state index in [0.717, 1.165) is 11.1 Å². The van der Waals surface area contributed by atoms with Gasteiger partial charge in [-0.1, -0.05) is 59.8 Å². The number of ether oxygens (including phenoxy) is 1. The summed E-state index contributed by atoms with van der Waals surface area (Å²) in [7, 11) is 0. The standard InChI is InChI=1S/C23H22ClN3O3S/c1-13(2)30-18-10-6-4-8-15(18)16-11-19(28)25-21-20(16)22(29)27-23(26-21)31-12-14-7-3-5-9-17(14)24/h3-10,13,16H,11-12H2,1-2H3,(H2,25,26,27,28,29)/t16-/m0/s1. The SMILES string of the molecule is CC(C)Oc1ccccc1[C@@H]1CC(=O)Nc2nc(SCc3ccccc3Cl)[nH]c(=O)c21. The summed E-state index contributed by atoms with van der Waals surface area (Å²) in [6, 6.07) is 15.0. The molecule has 2 N–H and O–H groups in total. The summed E-state index contributed by atoms with van der Waals surface area (Å²) in [6.07, 6.45) is 0.126. The molecule has 0 spiro atoms. The maximum absolute atomic E-state index is 13.1. The number of H-pyrrole nitrogens is 1. The van der Waals surface area contributed by atoms with Crippen molar-refractivity contribution in [2.24, 2.45) is 0 Å². The third kappa shape index (κ3) is 4.78. The highest BCUT2D eigenvalue weighted by molar-refractivity contribution is 7.98. The lowest BCUT2D eigenvalue weighted by Crippen LogP contribution is -2.31. The van der Waals surface area contributed by atoms with Crippen LogP contribution in [0.25, 0.3) is 0 Å². The number of aromatic amines is 1. The molecule has 31 heavy (non-hydrogen) atoms. The van der Waals surface area contributed by atoms with E-state index in [1.165, 1.54) is 11.8 Å². The van der Waals surface area contributed by atoms with Crippen LogP contribution in [0.2, 0.25) is 5.02 Å². The van der Waals surface area contributed by atoms with Gasteiger partial charge in [-0.25, -0.2) is 4.98 Å². The molecule has 1 amide bonds. The van der Waals surface area contributed by atoms with E-state index >= 15 is 0 Å². The third-order valence-corrected chi connectivity index (χ3v) is 6.20. The third-order valence-electron chi connectivity index (χ3n) is 4.91. The van der Waals surface area contributed by atoms with Gasteiger partial charge in [-0.15, -0.1) is 0 Å². The van der Waals surface area contributed by atoms with E-state index in [0.29, 0.717) is 33.1 Å². The summed E-state index contributed by atoms with van der Waals surface area (Å²) in [5.41, 5.74) is 1.92. The number of thioether (sulfide) groups is 1. The van der Waals surface area contributed by atoms with Crippen LogP contribution in [0.4, 0.5) is 5.82 Å². The van der Waals surface area contributed by atoms with Crippen molar-refractivity contribution in [3.8, 4) is 5.75 Å². The molecular weight excluding hydrogens is 434 g/mol. The molecule has 0 radical (unpaired) electrons. The molecule has 2 aromatic carbocycles. The van der Waals surface area contributed by atoms with Gasteiger partial charge in [0.2, 0.25) is 5.91 Å². The Balaban J connectivity index is 1.68. The Morgan fingerprint density at radius 3 is 2.68 bits per heavy atom. The zero-order chi connectivity index (χ0) is 22.0. The van der Waals surface area contributed by atoms with E-state index in [1.807, 2.05) is 62.4 Å². The lowest BCUT2D eigenvalue weighted by molar-refractivity contribution is -0.116. The zero-order valence-corrected chi connectivity index (χ0v) is 18.7. The van der Waals surface area contributed by atoms with Crippen molar-refractivity contribution in [1.82, 2.24) is 9.97 Å². The fraction of sp³-hybridized carbons (Fsp3) is 0.261. The second-order valence-corrected chi connectivity index (χ2v) is 8.89. The summed E-state index contributed by atoms with van der Waals surface area (Å²) in [5, 5.41) is 3.85. The summed E-state index contributed by atoms with van der Waals surface area (Å²) in [4.78, 5) is 32.9. The highest BCUT2D eigenvalue weighted by Crippen LogP contribution is 2.39. The van der Waals surface area contributed by atoms with E-state index in [-0.39, 0.29) is 24.0 Å². The molecule has 1 aliphatic rings. The van der Waals surface area contributed by atoms with E-state index in [2.05, 4.69) is 15.3 Å². The number of carbonyl (C=O) groups excluding carboxylic acids is 1. The number of hydrogen-bond acceptors (Lipinski definition) is 5. The predicted octanol–water partition coefficient (Wildman–Crippen LogP) is 4.98. The van der Waals surface area contributed by atoms with Crippen molar-refractivity contribution in [3.05, 3.63) is 80.6 Å². The summed E-state index contributed by atoms with van der Waals surface area (Å²) in [6.45, 7) is 3.88. The molecule has 0 aliphatic carbocycles. The normalized spacial score (nSPS) is 15.5. The van der Waals surface area contributed by atoms with E-state index < -0.39 is 5.92 Å². The highest BCUT2D eigenvalue weighted by atomic mass is 35.5. The number of halogens is 1. The van der Waals surface area contributed by atoms with Crippen molar-refractivity contribution in [2.75, 3.05) is 5.32 Å². The number of carbonyl (C=O) groups is 1. The number of anilines is 1. The number of aromatic nitrogens is 2. The Labute approximate surface area is 189 Å². The number of nitrogens with one attached hydrogen (secondary N) is 2. The Morgan fingerprint density at radius 2 is 1.90 bits per heavy atom. The Bertz CT molecular complexity index is 1180. The Hall–Kier alpha value is -2.77. The monoisotopic (exact) mass is 455 g/mol. The first kappa shape index (κ1) is 21.5. The average Bonchev–Trinajstić information content (AvgIpc) is 2.72. The van der Waals surface area contributed by atoms with Gasteiger partial charge in [0.15, 0.2) is 5.16 Å². The maximum Gasteiger partial charge on any atom is 0.257 e. The first-order chi connectivity index (χ1) is 14.9. The van der Waals surface area contributed by atoms with Crippen molar-refractivity contribution in [2.45, 2.75) is 43.2 Å². The van der Waals surface area contributed by atoms with Crippen LogP contribution in [0, 0.1) is 0 Å². The molecule has 0 saturated carbocycles. The number of fused-ring (bicyclic) bond motifs is 1. The molecule has 0 fully saturated rings. The number of amides is 1. The van der Waals surface area contributed by atoms with Crippen LogP contribution in [0.1, 0.15) is 42.9 Å². The van der Waals surface area contributed by atoms with Crippen LogP contribution >= 0.6 is 23.4 Å². The fourth-order valence-corrected chi connectivity index (χ4v) is 4.72. The molecule has 1 aromatic heterocycles. The summed E-state index contributed by atoms with van der Waals surface area (Å²) < 4.78 is 5.93. The number of hydrogen-bond donors (Lipinski definition) is 2. The Morgan fingerprint density at radius 1 is 1.16 bits per heavy atom. The molecule has 3 aromatic rings. The Kier molecular flexibility index (Phi) is 6.34. The molecule has 0 unspecified atom stereocenters. The lowest BCUT2D eigenvalue weighted by atomic mass is 9.86. The molecule has 1 atom stereocenters. The summed E-state index contributed by atoms with van der Waals surface area (Å²) >= 11 is 7.58. The molecular formula is C23H22ClN3O3S. The largest absolute Gasteiger partial charge is 0.491 e. The minimum Gasteiger partial charge on any atom is -0.491 e. The zero-order valence-electron chi connectivity index (χ0n) is 17.1. The van der Waals surface area contributed by atoms with Gasteiger partial charge in [-0.2, -0.15) is 0 Å². The first-order valence-corrected chi connectivity index (χ1v) is 11.3. The van der Waals surface area contributed by atoms with Gasteiger partial charge in [0.25, 0.3) is 5.56 Å². The van der Waals surface area contributed by atoms with Gasteiger partial charge < -0.3 is 15.0 Å². The quantitative estimate of drug-likeness (QED) is 0.404. The average molecular weight is 456 g/mol. The molecule has 4 rings (SSSR count). The molecule has 1 aliphatic heterocycles. The molecule has 0 bridgehead atoms. The topological polar surface area (TPSA) is 84.1 Å². The van der Waals surface area contributed by atoms with Crippen LogP contribution in [0.5, 0.6) is 5.75 Å². The molecule has 160 valence electrons. The van der Waals surface area contributed by atoms with Crippen molar-refractivity contribution in [1.29, 1.82) is 0 Å².